The van der Waals surface area contributed by atoms with Gasteiger partial charge < -0.3 is 5.73 Å². The summed E-state index contributed by atoms with van der Waals surface area (Å²) < 4.78 is 1.63. The normalized spacial score (nSPS) is 10.9. The Labute approximate surface area is 140 Å². The van der Waals surface area contributed by atoms with Gasteiger partial charge in [0.2, 0.25) is 5.91 Å². The SMILES string of the molecule is Cn1ncc2c(SCc3ccc(C(N)=O)cc3[N+](=O)[O-])ncnc21. The minimum atomic E-state index is -0.704. The van der Waals surface area contributed by atoms with E-state index in [9.17, 15) is 14.9 Å². The van der Waals surface area contributed by atoms with Crippen molar-refractivity contribution in [1.29, 1.82) is 0 Å². The maximum atomic E-state index is 11.2. The molecule has 0 aliphatic heterocycles. The first kappa shape index (κ1) is 15.9. The number of amides is 1. The highest BCUT2D eigenvalue weighted by molar-refractivity contribution is 7.98. The predicted molar refractivity (Wildman–Crippen MR) is 87.5 cm³/mol. The second kappa shape index (κ2) is 6.24. The number of benzene rings is 1. The van der Waals surface area contributed by atoms with Crippen molar-refractivity contribution in [3.05, 3.63) is 52.0 Å². The molecule has 2 heterocycles. The molecule has 122 valence electrons. The first-order valence-corrected chi connectivity index (χ1v) is 7.78. The molecule has 0 saturated carbocycles. The first-order chi connectivity index (χ1) is 11.5. The highest BCUT2D eigenvalue weighted by atomic mass is 32.2. The Balaban J connectivity index is 1.91. The van der Waals surface area contributed by atoms with E-state index in [1.165, 1.54) is 36.3 Å². The van der Waals surface area contributed by atoms with Crippen molar-refractivity contribution in [3.63, 3.8) is 0 Å². The third-order valence-electron chi connectivity index (χ3n) is 3.42. The number of aromatic nitrogens is 4. The first-order valence-electron chi connectivity index (χ1n) is 6.80. The second-order valence-electron chi connectivity index (χ2n) is 4.94. The van der Waals surface area contributed by atoms with Crippen LogP contribution in [0.1, 0.15) is 15.9 Å². The van der Waals surface area contributed by atoms with E-state index in [0.29, 0.717) is 22.0 Å². The van der Waals surface area contributed by atoms with E-state index >= 15 is 0 Å². The molecule has 2 aromatic heterocycles. The molecule has 1 amide bonds. The summed E-state index contributed by atoms with van der Waals surface area (Å²) in [7, 11) is 1.77. The van der Waals surface area contributed by atoms with E-state index in [0.717, 1.165) is 5.39 Å². The predicted octanol–water partition coefficient (Wildman–Crippen LogP) is 1.66. The van der Waals surface area contributed by atoms with Crippen LogP contribution in [0.4, 0.5) is 5.69 Å². The quantitative estimate of drug-likeness (QED) is 0.322. The number of nitrogens with zero attached hydrogens (tertiary/aromatic N) is 5. The molecule has 0 fully saturated rings. The molecule has 0 aliphatic rings. The Morgan fingerprint density at radius 3 is 2.92 bits per heavy atom. The monoisotopic (exact) mass is 344 g/mol. The maximum Gasteiger partial charge on any atom is 0.274 e. The number of nitrogens with two attached hydrogens (primary N) is 1. The van der Waals surface area contributed by atoms with Gasteiger partial charge >= 0.3 is 0 Å². The Kier molecular flexibility index (Phi) is 4.13. The summed E-state index contributed by atoms with van der Waals surface area (Å²) in [5.74, 6) is -0.388. The minimum absolute atomic E-state index is 0.104. The zero-order chi connectivity index (χ0) is 17.3. The van der Waals surface area contributed by atoms with Crippen molar-refractivity contribution in [2.24, 2.45) is 12.8 Å². The zero-order valence-corrected chi connectivity index (χ0v) is 13.4. The number of carbonyl (C=O) groups excluding carboxylic acids is 1. The molecule has 3 aromatic rings. The molecule has 0 aliphatic carbocycles. The topological polar surface area (TPSA) is 130 Å². The smallest absolute Gasteiger partial charge is 0.274 e. The molecule has 0 saturated heterocycles. The van der Waals surface area contributed by atoms with Crippen LogP contribution in [0.25, 0.3) is 11.0 Å². The fourth-order valence-electron chi connectivity index (χ4n) is 2.21. The van der Waals surface area contributed by atoms with Gasteiger partial charge in [-0.3, -0.25) is 19.6 Å². The summed E-state index contributed by atoms with van der Waals surface area (Å²) in [5, 5.41) is 16.8. The van der Waals surface area contributed by atoms with Crippen molar-refractivity contribution in [3.8, 4) is 0 Å². The maximum absolute atomic E-state index is 11.2. The Bertz CT molecular complexity index is 955. The summed E-state index contributed by atoms with van der Waals surface area (Å²) in [6.45, 7) is 0. The van der Waals surface area contributed by atoms with Gasteiger partial charge in [0, 0.05) is 30.0 Å². The van der Waals surface area contributed by atoms with Crippen molar-refractivity contribution in [2.75, 3.05) is 0 Å². The van der Waals surface area contributed by atoms with Crippen LogP contribution in [0.5, 0.6) is 0 Å². The molecule has 10 heteroatoms. The lowest BCUT2D eigenvalue weighted by atomic mass is 10.1. The number of fused-ring (bicyclic) bond motifs is 1. The molecule has 3 rings (SSSR count). The number of carbonyl (C=O) groups is 1. The van der Waals surface area contributed by atoms with Crippen LogP contribution in [-0.2, 0) is 12.8 Å². The molecule has 0 unspecified atom stereocenters. The van der Waals surface area contributed by atoms with Gasteiger partial charge in [-0.25, -0.2) is 9.97 Å². The summed E-state index contributed by atoms with van der Waals surface area (Å²) in [6.07, 6.45) is 3.08. The minimum Gasteiger partial charge on any atom is -0.366 e. The van der Waals surface area contributed by atoms with E-state index in [4.69, 9.17) is 5.73 Å². The summed E-state index contributed by atoms with van der Waals surface area (Å²) in [6, 6.07) is 4.20. The molecule has 0 radical (unpaired) electrons. The molecule has 2 N–H and O–H groups in total. The standard InChI is InChI=1S/C14H12N6O3S/c1-19-13-10(5-18-19)14(17-7-16-13)24-6-9-3-2-8(12(15)21)4-11(9)20(22)23/h2-5,7H,6H2,1H3,(H2,15,21). The summed E-state index contributed by atoms with van der Waals surface area (Å²) >= 11 is 1.34. The van der Waals surface area contributed by atoms with Gasteiger partial charge in [-0.05, 0) is 6.07 Å². The third-order valence-corrected chi connectivity index (χ3v) is 4.48. The highest BCUT2D eigenvalue weighted by Crippen LogP contribution is 2.30. The summed E-state index contributed by atoms with van der Waals surface area (Å²) in [4.78, 5) is 30.2. The van der Waals surface area contributed by atoms with Crippen LogP contribution < -0.4 is 5.73 Å². The Hall–Kier alpha value is -3.01. The van der Waals surface area contributed by atoms with Crippen molar-refractivity contribution >= 4 is 34.4 Å². The highest BCUT2D eigenvalue weighted by Gasteiger charge is 2.17. The van der Waals surface area contributed by atoms with E-state index in [1.807, 2.05) is 0 Å². The number of aryl methyl sites for hydroxylation is 1. The van der Waals surface area contributed by atoms with Crippen LogP contribution >= 0.6 is 11.8 Å². The number of nitro groups is 1. The number of hydrogen-bond acceptors (Lipinski definition) is 7. The number of thioether (sulfide) groups is 1. The van der Waals surface area contributed by atoms with Gasteiger partial charge in [0.1, 0.15) is 11.4 Å². The van der Waals surface area contributed by atoms with Crippen LogP contribution in [0.2, 0.25) is 0 Å². The fraction of sp³-hybridized carbons (Fsp3) is 0.143. The van der Waals surface area contributed by atoms with Gasteiger partial charge in [0.05, 0.1) is 16.5 Å². The fourth-order valence-corrected chi connectivity index (χ4v) is 3.17. The zero-order valence-electron chi connectivity index (χ0n) is 12.5. The number of primary amides is 1. The van der Waals surface area contributed by atoms with Gasteiger partial charge in [-0.2, -0.15) is 5.10 Å². The van der Waals surface area contributed by atoms with E-state index < -0.39 is 10.8 Å². The molecule has 0 bridgehead atoms. The van der Waals surface area contributed by atoms with Crippen LogP contribution in [0.15, 0.2) is 35.7 Å². The Morgan fingerprint density at radius 1 is 1.42 bits per heavy atom. The van der Waals surface area contributed by atoms with Crippen LogP contribution in [-0.4, -0.2) is 30.6 Å². The van der Waals surface area contributed by atoms with Gasteiger partial charge in [-0.15, -0.1) is 11.8 Å². The average Bonchev–Trinajstić information content (AvgIpc) is 2.94. The number of nitro benzene ring substituents is 1. The van der Waals surface area contributed by atoms with Crippen LogP contribution in [0.3, 0.4) is 0 Å². The van der Waals surface area contributed by atoms with Crippen LogP contribution in [0, 0.1) is 10.1 Å². The lowest BCUT2D eigenvalue weighted by molar-refractivity contribution is -0.385. The Morgan fingerprint density at radius 2 is 2.21 bits per heavy atom. The van der Waals surface area contributed by atoms with Gasteiger partial charge in [0.25, 0.3) is 5.69 Å². The van der Waals surface area contributed by atoms with Crippen molar-refractivity contribution < 1.29 is 9.72 Å². The third kappa shape index (κ3) is 2.91. The van der Waals surface area contributed by atoms with E-state index in [-0.39, 0.29) is 11.3 Å². The van der Waals surface area contributed by atoms with Gasteiger partial charge in [-0.1, -0.05) is 6.07 Å². The van der Waals surface area contributed by atoms with Crippen molar-refractivity contribution in [2.45, 2.75) is 10.8 Å². The molecule has 24 heavy (non-hydrogen) atoms. The molecule has 0 spiro atoms. The lowest BCUT2D eigenvalue weighted by Gasteiger charge is -2.05. The second-order valence-corrected chi connectivity index (χ2v) is 5.90. The molecule has 9 nitrogen and oxygen atoms in total. The summed E-state index contributed by atoms with van der Waals surface area (Å²) in [5.41, 5.74) is 6.29. The largest absolute Gasteiger partial charge is 0.366 e. The molecular weight excluding hydrogens is 332 g/mol. The molecular formula is C14H12N6O3S. The average molecular weight is 344 g/mol. The number of rotatable bonds is 5. The lowest BCUT2D eigenvalue weighted by Crippen LogP contribution is -2.11. The number of hydrogen-bond donors (Lipinski definition) is 1. The van der Waals surface area contributed by atoms with E-state index in [1.54, 1.807) is 17.9 Å². The molecule has 1 aromatic carbocycles. The van der Waals surface area contributed by atoms with Gasteiger partial charge in [0.15, 0.2) is 5.65 Å². The molecule has 0 atom stereocenters. The van der Waals surface area contributed by atoms with Crippen molar-refractivity contribution in [1.82, 2.24) is 19.7 Å². The van der Waals surface area contributed by atoms with E-state index in [2.05, 4.69) is 15.1 Å².